The van der Waals surface area contributed by atoms with Crippen molar-refractivity contribution in [3.63, 3.8) is 0 Å². The zero-order valence-electron chi connectivity index (χ0n) is 16.7. The molecule has 0 bridgehead atoms. The lowest BCUT2D eigenvalue weighted by Gasteiger charge is -2.29. The molecule has 2 aliphatic heterocycles. The molecule has 8 nitrogen and oxygen atoms in total. The maximum Gasteiger partial charge on any atom is 0.338 e. The molecule has 4 rings (SSSR count). The van der Waals surface area contributed by atoms with E-state index in [1.54, 1.807) is 0 Å². The molecule has 154 valence electrons. The van der Waals surface area contributed by atoms with Crippen LogP contribution in [0, 0.1) is 0 Å². The van der Waals surface area contributed by atoms with Gasteiger partial charge in [0.1, 0.15) is 26.2 Å². The molecule has 0 unspecified atom stereocenters. The smallest absolute Gasteiger partial charge is 0.311 e. The first-order valence-electron chi connectivity index (χ1n) is 10.5. The molecule has 2 saturated heterocycles. The zero-order chi connectivity index (χ0) is 20.2. The third-order valence-electron chi connectivity index (χ3n) is 6.06. The van der Waals surface area contributed by atoms with Crippen LogP contribution in [0.15, 0.2) is 36.0 Å². The van der Waals surface area contributed by atoms with E-state index in [2.05, 4.69) is 16.0 Å². The number of piperazine rings is 1. The normalized spacial score (nSPS) is 21.2. The fourth-order valence-corrected chi connectivity index (χ4v) is 4.30. The Balaban J connectivity index is 1.31. The third kappa shape index (κ3) is 4.32. The molecule has 3 heterocycles. The maximum atomic E-state index is 12.7. The van der Waals surface area contributed by atoms with Gasteiger partial charge < -0.3 is 4.90 Å². The van der Waals surface area contributed by atoms with Crippen LogP contribution in [0.4, 0.5) is 10.6 Å². The van der Waals surface area contributed by atoms with Crippen LogP contribution < -0.4 is 14.8 Å². The summed E-state index contributed by atoms with van der Waals surface area (Å²) in [5.74, 6) is -0.291. The number of quaternary nitrogens is 1. The largest absolute Gasteiger partial charge is 0.338 e. The Labute approximate surface area is 170 Å². The molecule has 3 aliphatic rings. The number of aromatic amines is 1. The van der Waals surface area contributed by atoms with Crippen molar-refractivity contribution in [2.75, 3.05) is 44.3 Å². The average Bonchev–Trinajstić information content (AvgIpc) is 2.97. The molecule has 4 amide bonds. The molecule has 1 aromatic rings. The fraction of sp³-hybridized carbons (Fsp3) is 0.524. The molecule has 1 aliphatic carbocycles. The van der Waals surface area contributed by atoms with Crippen molar-refractivity contribution < 1.29 is 24.3 Å². The van der Waals surface area contributed by atoms with Gasteiger partial charge in [-0.1, -0.05) is 17.7 Å². The van der Waals surface area contributed by atoms with E-state index in [4.69, 9.17) is 0 Å². The third-order valence-corrected chi connectivity index (χ3v) is 6.06. The van der Waals surface area contributed by atoms with E-state index in [0.717, 1.165) is 66.0 Å². The maximum absolute atomic E-state index is 12.7. The summed E-state index contributed by atoms with van der Waals surface area (Å²) in [6, 6.07) is 5.53. The van der Waals surface area contributed by atoms with Gasteiger partial charge in [-0.05, 0) is 38.2 Å². The minimum absolute atomic E-state index is 0.259. The molecule has 0 spiro atoms. The highest BCUT2D eigenvalue weighted by molar-refractivity contribution is 6.44. The second-order valence-corrected chi connectivity index (χ2v) is 7.97. The van der Waals surface area contributed by atoms with Gasteiger partial charge in [-0.15, -0.1) is 0 Å². The quantitative estimate of drug-likeness (QED) is 0.410. The monoisotopic (exact) mass is 399 g/mol. The highest BCUT2D eigenvalue weighted by Gasteiger charge is 2.46. The molecule has 8 heteroatoms. The highest BCUT2D eigenvalue weighted by atomic mass is 16.2. The number of imide groups is 2. The van der Waals surface area contributed by atoms with Crippen LogP contribution in [0.5, 0.6) is 0 Å². The molecule has 1 aromatic heterocycles. The van der Waals surface area contributed by atoms with Crippen LogP contribution in [0.25, 0.3) is 0 Å². The van der Waals surface area contributed by atoms with Gasteiger partial charge >= 0.3 is 17.8 Å². The molecule has 2 N–H and O–H groups in total. The highest BCUT2D eigenvalue weighted by Crippen LogP contribution is 2.21. The summed E-state index contributed by atoms with van der Waals surface area (Å²) in [5, 5.41) is 0. The number of aromatic nitrogens is 1. The van der Waals surface area contributed by atoms with E-state index in [1.807, 2.05) is 24.4 Å². The number of hydrogen-bond acceptors (Lipinski definition) is 4. The first-order chi connectivity index (χ1) is 14.1. The molecule has 0 atom stereocenters. The zero-order valence-corrected chi connectivity index (χ0v) is 16.7. The number of urea groups is 1. The molecule has 0 aromatic carbocycles. The number of anilines is 1. The Morgan fingerprint density at radius 2 is 1.79 bits per heavy atom. The van der Waals surface area contributed by atoms with Crippen LogP contribution in [0.2, 0.25) is 0 Å². The Morgan fingerprint density at radius 1 is 1.00 bits per heavy atom. The Bertz CT molecular complexity index is 802. The minimum Gasteiger partial charge on any atom is -0.311 e. The van der Waals surface area contributed by atoms with Gasteiger partial charge in [0.25, 0.3) is 5.82 Å². The van der Waals surface area contributed by atoms with Gasteiger partial charge in [0.15, 0.2) is 6.67 Å². The van der Waals surface area contributed by atoms with E-state index in [9.17, 15) is 14.4 Å². The van der Waals surface area contributed by atoms with Gasteiger partial charge in [0.2, 0.25) is 0 Å². The number of nitrogens with zero attached hydrogens (tertiary/aromatic N) is 3. The summed E-state index contributed by atoms with van der Waals surface area (Å²) in [6.07, 6.45) is 9.25. The van der Waals surface area contributed by atoms with Gasteiger partial charge in [-0.2, -0.15) is 0 Å². The summed E-state index contributed by atoms with van der Waals surface area (Å²) < 4.78 is 0. The molecule has 0 radical (unpaired) electrons. The van der Waals surface area contributed by atoms with Crippen molar-refractivity contribution in [2.24, 2.45) is 0 Å². The number of allylic oxidation sites excluding steroid dienone is 1. The Hall–Kier alpha value is -2.74. The minimum atomic E-state index is -0.682. The number of hydrogen-bond donors (Lipinski definition) is 1. The molecular weight excluding hydrogens is 370 g/mol. The van der Waals surface area contributed by atoms with Gasteiger partial charge in [-0.3, -0.25) is 19.4 Å². The van der Waals surface area contributed by atoms with Crippen molar-refractivity contribution >= 4 is 23.7 Å². The van der Waals surface area contributed by atoms with Crippen molar-refractivity contribution in [1.82, 2.24) is 9.80 Å². The summed E-state index contributed by atoms with van der Waals surface area (Å²) in [5.41, 5.74) is 1.29. The molecule has 29 heavy (non-hydrogen) atoms. The fourth-order valence-electron chi connectivity index (χ4n) is 4.30. The lowest BCUT2D eigenvalue weighted by Crippen LogP contribution is -3.16. The first-order valence-corrected chi connectivity index (χ1v) is 10.5. The second kappa shape index (κ2) is 8.73. The van der Waals surface area contributed by atoms with E-state index < -0.39 is 17.8 Å². The summed E-state index contributed by atoms with van der Waals surface area (Å²) in [6.45, 7) is 3.84. The van der Waals surface area contributed by atoms with Crippen LogP contribution in [-0.2, 0) is 9.59 Å². The van der Waals surface area contributed by atoms with Crippen LogP contribution in [0.3, 0.4) is 0 Å². The van der Waals surface area contributed by atoms with E-state index in [-0.39, 0.29) is 6.67 Å². The SMILES string of the molecule is O=C1C(=O)N(C[NH+]2CCN(c3cccc[nH+]3)CC2)C(=O)N1CCC1=CCCCC1. The van der Waals surface area contributed by atoms with Gasteiger partial charge in [-0.25, -0.2) is 14.7 Å². The van der Waals surface area contributed by atoms with Crippen molar-refractivity contribution in [3.8, 4) is 0 Å². The van der Waals surface area contributed by atoms with E-state index in [0.29, 0.717) is 13.0 Å². The van der Waals surface area contributed by atoms with Crippen LogP contribution in [0.1, 0.15) is 32.1 Å². The number of carbonyl (C=O) groups excluding carboxylic acids is 3. The number of H-pyrrole nitrogens is 1. The molecule has 0 saturated carbocycles. The molecular formula is C21H29N5O3+2. The summed E-state index contributed by atoms with van der Waals surface area (Å²) >= 11 is 0. The van der Waals surface area contributed by atoms with E-state index in [1.165, 1.54) is 12.0 Å². The summed E-state index contributed by atoms with van der Waals surface area (Å²) in [7, 11) is 0. The predicted molar refractivity (Wildman–Crippen MR) is 106 cm³/mol. The van der Waals surface area contributed by atoms with Crippen LogP contribution in [-0.4, -0.2) is 67.0 Å². The lowest BCUT2D eigenvalue weighted by atomic mass is 9.97. The number of pyridine rings is 1. The second-order valence-electron chi connectivity index (χ2n) is 7.97. The number of rotatable bonds is 6. The Kier molecular flexibility index (Phi) is 5.89. The average molecular weight is 399 g/mol. The lowest BCUT2D eigenvalue weighted by molar-refractivity contribution is -0.908. The number of amides is 4. The van der Waals surface area contributed by atoms with Crippen molar-refractivity contribution in [1.29, 1.82) is 0 Å². The topological polar surface area (TPSA) is 79.5 Å². The standard InChI is InChI=1S/C21H27N5O3/c27-19-20(28)26(21(29)25(19)11-9-17-6-2-1-3-7-17)16-23-12-14-24(15-13-23)18-8-4-5-10-22-18/h4-6,8,10H,1-3,7,9,11-16H2/p+2. The van der Waals surface area contributed by atoms with Crippen LogP contribution >= 0.6 is 0 Å². The first kappa shape index (κ1) is 19.6. The predicted octanol–water partition coefficient (Wildman–Crippen LogP) is -0.156. The van der Waals surface area contributed by atoms with E-state index >= 15 is 0 Å². The van der Waals surface area contributed by atoms with Gasteiger partial charge in [0.05, 0.1) is 6.20 Å². The van der Waals surface area contributed by atoms with Crippen molar-refractivity contribution in [2.45, 2.75) is 32.1 Å². The number of nitrogens with one attached hydrogen (secondary N) is 2. The number of carbonyl (C=O) groups is 3. The van der Waals surface area contributed by atoms with Gasteiger partial charge in [0, 0.05) is 12.6 Å². The Morgan fingerprint density at radius 3 is 2.48 bits per heavy atom. The molecule has 2 fully saturated rings. The summed E-state index contributed by atoms with van der Waals surface area (Å²) in [4.78, 5) is 46.4. The van der Waals surface area contributed by atoms with Crippen molar-refractivity contribution in [3.05, 3.63) is 36.0 Å².